The van der Waals surface area contributed by atoms with Crippen molar-refractivity contribution >= 4 is 10.9 Å². The highest BCUT2D eigenvalue weighted by molar-refractivity contribution is 5.81. The maximum Gasteiger partial charge on any atom is 0.123 e. The largest absolute Gasteiger partial charge is 0.357 e. The summed E-state index contributed by atoms with van der Waals surface area (Å²) in [4.78, 5) is 18.9. The third-order valence-electron chi connectivity index (χ3n) is 6.61. The van der Waals surface area contributed by atoms with Gasteiger partial charge in [0.25, 0.3) is 0 Å². The maximum atomic E-state index is 4.42. The third-order valence-corrected chi connectivity index (χ3v) is 6.61. The van der Waals surface area contributed by atoms with Gasteiger partial charge in [0, 0.05) is 68.3 Å². The molecule has 2 aliphatic heterocycles. The molecule has 2 N–H and O–H groups in total. The summed E-state index contributed by atoms with van der Waals surface area (Å²) in [6, 6.07) is 9.62. The summed E-state index contributed by atoms with van der Waals surface area (Å²) >= 11 is 0. The molecule has 1 atom stereocenters. The number of benzene rings is 1. The molecule has 2 aliphatic rings. The molecule has 1 aromatic carbocycles. The molecule has 0 saturated carbocycles. The van der Waals surface area contributed by atoms with Crippen molar-refractivity contribution < 1.29 is 0 Å². The first-order valence-electron chi connectivity index (χ1n) is 11.0. The number of aromatic nitrogens is 3. The molecule has 0 spiro atoms. The Balaban J connectivity index is 1.18. The molecule has 0 amide bonds. The van der Waals surface area contributed by atoms with Gasteiger partial charge in [-0.1, -0.05) is 6.07 Å². The quantitative estimate of drug-likeness (QED) is 0.675. The maximum absolute atomic E-state index is 4.42. The van der Waals surface area contributed by atoms with Crippen LogP contribution in [0.1, 0.15) is 42.9 Å². The molecule has 29 heavy (non-hydrogen) atoms. The van der Waals surface area contributed by atoms with E-state index in [0.717, 1.165) is 45.1 Å². The Morgan fingerprint density at radius 2 is 1.76 bits per heavy atom. The van der Waals surface area contributed by atoms with Crippen LogP contribution in [0.5, 0.6) is 0 Å². The van der Waals surface area contributed by atoms with Crippen molar-refractivity contribution in [3.05, 3.63) is 53.7 Å². The number of fused-ring (bicyclic) bond motifs is 1. The standard InChI is InChI=1S/C23H32N6/c1-18(23-24-6-7-25-23)29-12-10-28(11-13-29)16-19-4-5-22-20(14-19)15-21(26-22)17-27-8-2-3-9-27/h4-7,14-15,18,26H,2-3,8-13,16-17H2,1H3,(H,24,25). The number of likely N-dealkylation sites (tertiary alicyclic amines) is 1. The van der Waals surface area contributed by atoms with Crippen LogP contribution < -0.4 is 0 Å². The molecular formula is C23H32N6. The lowest BCUT2D eigenvalue weighted by Crippen LogP contribution is -2.46. The molecule has 2 fully saturated rings. The van der Waals surface area contributed by atoms with E-state index >= 15 is 0 Å². The van der Waals surface area contributed by atoms with Crippen LogP contribution in [-0.4, -0.2) is 68.9 Å². The Morgan fingerprint density at radius 1 is 0.966 bits per heavy atom. The lowest BCUT2D eigenvalue weighted by atomic mass is 10.1. The highest BCUT2D eigenvalue weighted by atomic mass is 15.3. The second kappa shape index (κ2) is 8.30. The molecule has 5 rings (SSSR count). The Labute approximate surface area is 172 Å². The minimum atomic E-state index is 0.359. The molecule has 6 nitrogen and oxygen atoms in total. The summed E-state index contributed by atoms with van der Waals surface area (Å²) in [6.07, 6.45) is 6.45. The first-order chi connectivity index (χ1) is 14.2. The number of nitrogens with zero attached hydrogens (tertiary/aromatic N) is 4. The van der Waals surface area contributed by atoms with Crippen molar-refractivity contribution in [2.45, 2.75) is 38.9 Å². The zero-order valence-corrected chi connectivity index (χ0v) is 17.4. The number of nitrogens with one attached hydrogen (secondary N) is 2. The summed E-state index contributed by atoms with van der Waals surface area (Å²) in [5.74, 6) is 1.07. The van der Waals surface area contributed by atoms with Crippen LogP contribution in [0.4, 0.5) is 0 Å². The van der Waals surface area contributed by atoms with E-state index in [1.54, 1.807) is 0 Å². The fraction of sp³-hybridized carbons (Fsp3) is 0.522. The number of hydrogen-bond acceptors (Lipinski definition) is 4. The van der Waals surface area contributed by atoms with Gasteiger partial charge in [0.15, 0.2) is 0 Å². The highest BCUT2D eigenvalue weighted by Crippen LogP contribution is 2.22. The van der Waals surface area contributed by atoms with Gasteiger partial charge >= 0.3 is 0 Å². The monoisotopic (exact) mass is 392 g/mol. The molecular weight excluding hydrogens is 360 g/mol. The van der Waals surface area contributed by atoms with E-state index in [4.69, 9.17) is 0 Å². The van der Waals surface area contributed by atoms with Crippen LogP contribution in [0.3, 0.4) is 0 Å². The lowest BCUT2D eigenvalue weighted by Gasteiger charge is -2.37. The van der Waals surface area contributed by atoms with E-state index < -0.39 is 0 Å². The van der Waals surface area contributed by atoms with Crippen LogP contribution >= 0.6 is 0 Å². The number of aromatic amines is 2. The van der Waals surface area contributed by atoms with Crippen LogP contribution in [0.15, 0.2) is 36.7 Å². The second-order valence-electron chi connectivity index (χ2n) is 8.66. The van der Waals surface area contributed by atoms with Crippen LogP contribution in [0.2, 0.25) is 0 Å². The summed E-state index contributed by atoms with van der Waals surface area (Å²) < 4.78 is 0. The summed E-state index contributed by atoms with van der Waals surface area (Å²) in [7, 11) is 0. The third kappa shape index (κ3) is 4.25. The Hall–Kier alpha value is -2.15. The van der Waals surface area contributed by atoms with Gasteiger partial charge in [0.1, 0.15) is 5.82 Å². The highest BCUT2D eigenvalue weighted by Gasteiger charge is 2.23. The first-order valence-corrected chi connectivity index (χ1v) is 11.0. The second-order valence-corrected chi connectivity index (χ2v) is 8.66. The molecule has 2 saturated heterocycles. The number of piperazine rings is 1. The fourth-order valence-corrected chi connectivity index (χ4v) is 4.85. The zero-order chi connectivity index (χ0) is 19.6. The van der Waals surface area contributed by atoms with Gasteiger partial charge in [-0.3, -0.25) is 14.7 Å². The van der Waals surface area contributed by atoms with Crippen molar-refractivity contribution in [3.8, 4) is 0 Å². The van der Waals surface area contributed by atoms with E-state index in [1.165, 1.54) is 48.1 Å². The van der Waals surface area contributed by atoms with E-state index in [0.29, 0.717) is 6.04 Å². The lowest BCUT2D eigenvalue weighted by molar-refractivity contribution is 0.0951. The topological polar surface area (TPSA) is 54.2 Å². The van der Waals surface area contributed by atoms with Gasteiger partial charge in [-0.2, -0.15) is 0 Å². The fourth-order valence-electron chi connectivity index (χ4n) is 4.85. The average Bonchev–Trinajstić information content (AvgIpc) is 3.50. The average molecular weight is 393 g/mol. The Bertz CT molecular complexity index is 916. The molecule has 3 aromatic rings. The van der Waals surface area contributed by atoms with Crippen molar-refractivity contribution in [1.82, 2.24) is 29.7 Å². The van der Waals surface area contributed by atoms with Gasteiger partial charge in [0.2, 0.25) is 0 Å². The normalized spacial score (nSPS) is 20.6. The molecule has 4 heterocycles. The van der Waals surface area contributed by atoms with Gasteiger partial charge in [-0.15, -0.1) is 0 Å². The molecule has 0 radical (unpaired) electrons. The van der Waals surface area contributed by atoms with E-state index in [9.17, 15) is 0 Å². The number of imidazole rings is 1. The first kappa shape index (κ1) is 18.9. The summed E-state index contributed by atoms with van der Waals surface area (Å²) in [5.41, 5.74) is 4.02. The smallest absolute Gasteiger partial charge is 0.123 e. The van der Waals surface area contributed by atoms with Crippen molar-refractivity contribution in [1.29, 1.82) is 0 Å². The van der Waals surface area contributed by atoms with E-state index in [-0.39, 0.29) is 0 Å². The molecule has 2 aromatic heterocycles. The predicted molar refractivity (Wildman–Crippen MR) is 117 cm³/mol. The predicted octanol–water partition coefficient (Wildman–Crippen LogP) is 3.37. The SMILES string of the molecule is CC(c1ncc[nH]1)N1CCN(Cc2ccc3[nH]c(CN4CCCC4)cc3c2)CC1. The number of H-pyrrole nitrogens is 2. The molecule has 0 bridgehead atoms. The van der Waals surface area contributed by atoms with Crippen molar-refractivity contribution in [3.63, 3.8) is 0 Å². The van der Waals surface area contributed by atoms with Gasteiger partial charge in [-0.05, 0) is 56.6 Å². The van der Waals surface area contributed by atoms with E-state index in [2.05, 4.69) is 60.8 Å². The van der Waals surface area contributed by atoms with Gasteiger partial charge in [-0.25, -0.2) is 4.98 Å². The summed E-state index contributed by atoms with van der Waals surface area (Å²) in [6.45, 7) is 11.2. The van der Waals surface area contributed by atoms with E-state index in [1.807, 2.05) is 12.4 Å². The van der Waals surface area contributed by atoms with Crippen LogP contribution in [0.25, 0.3) is 10.9 Å². The minimum absolute atomic E-state index is 0.359. The van der Waals surface area contributed by atoms with Gasteiger partial charge in [0.05, 0.1) is 6.04 Å². The Morgan fingerprint density at radius 3 is 2.52 bits per heavy atom. The zero-order valence-electron chi connectivity index (χ0n) is 17.4. The van der Waals surface area contributed by atoms with Crippen LogP contribution in [-0.2, 0) is 13.1 Å². The molecule has 154 valence electrons. The van der Waals surface area contributed by atoms with Crippen molar-refractivity contribution in [2.24, 2.45) is 0 Å². The summed E-state index contributed by atoms with van der Waals surface area (Å²) in [5, 5.41) is 1.35. The molecule has 0 aliphatic carbocycles. The Kier molecular flexibility index (Phi) is 5.40. The van der Waals surface area contributed by atoms with Crippen LogP contribution in [0, 0.1) is 0 Å². The minimum Gasteiger partial charge on any atom is -0.357 e. The van der Waals surface area contributed by atoms with Gasteiger partial charge < -0.3 is 9.97 Å². The molecule has 6 heteroatoms. The van der Waals surface area contributed by atoms with Crippen molar-refractivity contribution in [2.75, 3.05) is 39.3 Å². The molecule has 1 unspecified atom stereocenters. The number of rotatable bonds is 6. The number of hydrogen-bond donors (Lipinski definition) is 2.